The predicted octanol–water partition coefficient (Wildman–Crippen LogP) is 7.83. The van der Waals surface area contributed by atoms with E-state index in [0.717, 1.165) is 51.6 Å². The van der Waals surface area contributed by atoms with Crippen molar-refractivity contribution in [1.82, 2.24) is 9.66 Å². The third-order valence-corrected chi connectivity index (χ3v) is 7.72. The van der Waals surface area contributed by atoms with Crippen molar-refractivity contribution in [2.45, 2.75) is 51.6 Å². The van der Waals surface area contributed by atoms with Crippen LogP contribution in [0.2, 0.25) is 0 Å². The van der Waals surface area contributed by atoms with Crippen molar-refractivity contribution in [3.63, 3.8) is 0 Å². The van der Waals surface area contributed by atoms with Gasteiger partial charge in [-0.1, -0.05) is 63.3 Å². The lowest BCUT2D eigenvalue weighted by Crippen LogP contribution is -2.25. The SMILES string of the molecule is CCOc1cc(C=Nn2c(C3CCCCC3)nc3ccc(Br)cc3c2=O)ccc1OCc1ccc(Br)cc1. The number of fused-ring (bicyclic) bond motifs is 1. The molecule has 0 unspecified atom stereocenters. The molecule has 0 aliphatic heterocycles. The van der Waals surface area contributed by atoms with Gasteiger partial charge in [-0.15, -0.1) is 0 Å². The van der Waals surface area contributed by atoms with Crippen LogP contribution in [0.15, 0.2) is 79.5 Å². The van der Waals surface area contributed by atoms with Gasteiger partial charge in [0.15, 0.2) is 11.5 Å². The summed E-state index contributed by atoms with van der Waals surface area (Å²) in [6, 6.07) is 19.3. The highest BCUT2D eigenvalue weighted by atomic mass is 79.9. The van der Waals surface area contributed by atoms with Gasteiger partial charge >= 0.3 is 0 Å². The van der Waals surface area contributed by atoms with Crippen molar-refractivity contribution in [2.24, 2.45) is 5.10 Å². The molecule has 0 N–H and O–H groups in total. The molecule has 0 radical (unpaired) electrons. The number of hydrogen-bond acceptors (Lipinski definition) is 5. The second-order valence-electron chi connectivity index (χ2n) is 9.38. The number of rotatable bonds is 8. The lowest BCUT2D eigenvalue weighted by Gasteiger charge is -2.22. The average Bonchev–Trinajstić information content (AvgIpc) is 2.94. The van der Waals surface area contributed by atoms with Crippen LogP contribution in [0.4, 0.5) is 0 Å². The Balaban J connectivity index is 1.46. The van der Waals surface area contributed by atoms with Crippen molar-refractivity contribution in [1.29, 1.82) is 0 Å². The average molecular weight is 639 g/mol. The molecule has 1 aliphatic rings. The van der Waals surface area contributed by atoms with Gasteiger partial charge < -0.3 is 9.47 Å². The first-order valence-corrected chi connectivity index (χ1v) is 14.5. The highest BCUT2D eigenvalue weighted by Gasteiger charge is 2.22. The van der Waals surface area contributed by atoms with E-state index in [0.29, 0.717) is 35.6 Å². The maximum absolute atomic E-state index is 13.6. The number of halogens is 2. The Morgan fingerprint density at radius 3 is 2.47 bits per heavy atom. The molecule has 0 saturated heterocycles. The van der Waals surface area contributed by atoms with Gasteiger partial charge in [0.25, 0.3) is 5.56 Å². The number of aromatic nitrogens is 2. The van der Waals surface area contributed by atoms with E-state index in [4.69, 9.17) is 14.5 Å². The molecule has 6 nitrogen and oxygen atoms in total. The molecule has 38 heavy (non-hydrogen) atoms. The Kier molecular flexibility index (Phi) is 8.59. The van der Waals surface area contributed by atoms with E-state index in [1.807, 2.05) is 67.6 Å². The van der Waals surface area contributed by atoms with E-state index in [1.165, 1.54) is 11.1 Å². The van der Waals surface area contributed by atoms with Gasteiger partial charge in [-0.3, -0.25) is 4.79 Å². The van der Waals surface area contributed by atoms with E-state index in [9.17, 15) is 4.79 Å². The van der Waals surface area contributed by atoms with Gasteiger partial charge in [-0.25, -0.2) is 4.98 Å². The summed E-state index contributed by atoms with van der Waals surface area (Å²) < 4.78 is 15.3. The smallest absolute Gasteiger partial charge is 0.282 e. The lowest BCUT2D eigenvalue weighted by molar-refractivity contribution is 0.269. The molecule has 1 heterocycles. The normalized spacial score (nSPS) is 14.3. The molecule has 0 atom stereocenters. The van der Waals surface area contributed by atoms with Gasteiger partial charge in [0.2, 0.25) is 0 Å². The summed E-state index contributed by atoms with van der Waals surface area (Å²) in [6.45, 7) is 2.87. The number of ether oxygens (including phenoxy) is 2. The summed E-state index contributed by atoms with van der Waals surface area (Å²) in [5, 5.41) is 5.21. The van der Waals surface area contributed by atoms with E-state index in [-0.39, 0.29) is 11.5 Å². The van der Waals surface area contributed by atoms with Crippen LogP contribution in [0.3, 0.4) is 0 Å². The first-order chi connectivity index (χ1) is 18.5. The maximum atomic E-state index is 13.6. The van der Waals surface area contributed by atoms with Crippen LogP contribution in [0.1, 0.15) is 61.9 Å². The van der Waals surface area contributed by atoms with Crippen LogP contribution in [-0.4, -0.2) is 22.5 Å². The molecule has 3 aromatic carbocycles. The highest BCUT2D eigenvalue weighted by molar-refractivity contribution is 9.10. The Morgan fingerprint density at radius 1 is 0.947 bits per heavy atom. The third kappa shape index (κ3) is 6.18. The fraction of sp³-hybridized carbons (Fsp3) is 0.300. The molecule has 4 aromatic rings. The summed E-state index contributed by atoms with van der Waals surface area (Å²) in [6.07, 6.45) is 7.23. The van der Waals surface area contributed by atoms with E-state index >= 15 is 0 Å². The minimum absolute atomic E-state index is 0.160. The topological polar surface area (TPSA) is 65.7 Å². The number of nitrogens with zero attached hydrogens (tertiary/aromatic N) is 3. The molecule has 196 valence electrons. The highest BCUT2D eigenvalue weighted by Crippen LogP contribution is 2.32. The molecular weight excluding hydrogens is 610 g/mol. The number of hydrogen-bond donors (Lipinski definition) is 0. The molecule has 5 rings (SSSR count). The first-order valence-electron chi connectivity index (χ1n) is 12.9. The summed E-state index contributed by atoms with van der Waals surface area (Å²) in [4.78, 5) is 18.5. The summed E-state index contributed by atoms with van der Waals surface area (Å²) in [7, 11) is 0. The molecule has 0 bridgehead atoms. The van der Waals surface area contributed by atoms with Gasteiger partial charge in [-0.2, -0.15) is 9.78 Å². The van der Waals surface area contributed by atoms with Gasteiger partial charge in [0.05, 0.1) is 23.7 Å². The Morgan fingerprint density at radius 2 is 1.71 bits per heavy atom. The Labute approximate surface area is 239 Å². The first kappa shape index (κ1) is 26.6. The summed E-state index contributed by atoms with van der Waals surface area (Å²) in [5.74, 6) is 2.24. The van der Waals surface area contributed by atoms with Crippen molar-refractivity contribution in [3.8, 4) is 11.5 Å². The third-order valence-electron chi connectivity index (χ3n) is 6.70. The zero-order chi connectivity index (χ0) is 26.5. The van der Waals surface area contributed by atoms with Crippen LogP contribution < -0.4 is 15.0 Å². The van der Waals surface area contributed by atoms with Crippen molar-refractivity contribution >= 4 is 49.0 Å². The summed E-state index contributed by atoms with van der Waals surface area (Å²) in [5.41, 5.74) is 2.41. The molecule has 0 spiro atoms. The predicted molar refractivity (Wildman–Crippen MR) is 159 cm³/mol. The van der Waals surface area contributed by atoms with Gasteiger partial charge in [0.1, 0.15) is 12.4 Å². The van der Waals surface area contributed by atoms with Crippen LogP contribution in [0.25, 0.3) is 10.9 Å². The quantitative estimate of drug-likeness (QED) is 0.185. The summed E-state index contributed by atoms with van der Waals surface area (Å²) >= 11 is 6.94. The minimum Gasteiger partial charge on any atom is -0.490 e. The fourth-order valence-corrected chi connectivity index (χ4v) is 5.39. The van der Waals surface area contributed by atoms with Gasteiger partial charge in [-0.05, 0) is 79.4 Å². The van der Waals surface area contributed by atoms with E-state index in [2.05, 4.69) is 37.0 Å². The van der Waals surface area contributed by atoms with Crippen LogP contribution >= 0.6 is 31.9 Å². The molecule has 1 aliphatic carbocycles. The Bertz CT molecular complexity index is 1510. The minimum atomic E-state index is -0.160. The molecule has 1 aromatic heterocycles. The fourth-order valence-electron chi connectivity index (χ4n) is 4.76. The number of benzene rings is 3. The van der Waals surface area contributed by atoms with Gasteiger partial charge in [0, 0.05) is 14.9 Å². The molecule has 0 amide bonds. The zero-order valence-electron chi connectivity index (χ0n) is 21.2. The van der Waals surface area contributed by atoms with E-state index < -0.39 is 0 Å². The van der Waals surface area contributed by atoms with E-state index in [1.54, 1.807) is 6.21 Å². The van der Waals surface area contributed by atoms with Crippen molar-refractivity contribution < 1.29 is 9.47 Å². The van der Waals surface area contributed by atoms with Crippen molar-refractivity contribution in [3.05, 3.63) is 96.9 Å². The molecular formula is C30H29Br2N3O3. The zero-order valence-corrected chi connectivity index (χ0v) is 24.4. The molecule has 8 heteroatoms. The van der Waals surface area contributed by atoms with Crippen LogP contribution in [0.5, 0.6) is 11.5 Å². The Hall–Kier alpha value is -2.97. The maximum Gasteiger partial charge on any atom is 0.282 e. The standard InChI is InChI=1S/C30H29Br2N3O3/c1-2-37-28-16-21(10-15-27(28)38-19-20-8-11-23(31)12-9-20)18-33-35-29(22-6-4-3-5-7-22)34-26-14-13-24(32)17-25(26)30(35)36/h8-18,22H,2-7,19H2,1H3. The van der Waals surface area contributed by atoms with Crippen LogP contribution in [-0.2, 0) is 6.61 Å². The second-order valence-corrected chi connectivity index (χ2v) is 11.2. The second kappa shape index (κ2) is 12.3. The van der Waals surface area contributed by atoms with Crippen LogP contribution in [0, 0.1) is 0 Å². The molecule has 1 saturated carbocycles. The van der Waals surface area contributed by atoms with Crippen molar-refractivity contribution in [2.75, 3.05) is 6.61 Å². The molecule has 1 fully saturated rings. The lowest BCUT2D eigenvalue weighted by atomic mass is 9.88. The largest absolute Gasteiger partial charge is 0.490 e. The monoisotopic (exact) mass is 637 g/mol.